The summed E-state index contributed by atoms with van der Waals surface area (Å²) in [6.07, 6.45) is 1.38. The van der Waals surface area contributed by atoms with Gasteiger partial charge in [-0.2, -0.15) is 5.26 Å². The van der Waals surface area contributed by atoms with E-state index in [9.17, 15) is 0 Å². The van der Waals surface area contributed by atoms with Crippen molar-refractivity contribution in [2.45, 2.75) is 39.7 Å². The summed E-state index contributed by atoms with van der Waals surface area (Å²) < 4.78 is 0. The summed E-state index contributed by atoms with van der Waals surface area (Å²) in [5, 5.41) is 20.9. The summed E-state index contributed by atoms with van der Waals surface area (Å²) in [5.41, 5.74) is -0.238. The van der Waals surface area contributed by atoms with Crippen LogP contribution in [0.5, 0.6) is 0 Å². The lowest BCUT2D eigenvalue weighted by molar-refractivity contribution is 0.183. The zero-order chi connectivity index (χ0) is 10.3. The van der Waals surface area contributed by atoms with E-state index in [0.29, 0.717) is 0 Å². The quantitative estimate of drug-likeness (QED) is 0.611. The smallest absolute Gasteiger partial charge is 0.0684 e. The van der Waals surface area contributed by atoms with Gasteiger partial charge in [0, 0.05) is 0 Å². The first-order valence-electron chi connectivity index (χ1n) is 4.78. The molecule has 0 fully saturated rings. The highest BCUT2D eigenvalue weighted by Crippen LogP contribution is 2.16. The minimum Gasteiger partial charge on any atom is -0.393 e. The number of nitrogens with zero attached hydrogens (tertiary/aromatic N) is 1. The molecule has 0 aromatic heterocycles. The lowest BCUT2D eigenvalue weighted by Gasteiger charge is -2.15. The van der Waals surface area contributed by atoms with Crippen molar-refractivity contribution in [3.8, 4) is 6.07 Å². The molecule has 0 aliphatic carbocycles. The number of nitrogens with one attached hydrogen (secondary N) is 1. The maximum Gasteiger partial charge on any atom is 0.0684 e. The number of hydrogen-bond acceptors (Lipinski definition) is 3. The molecule has 1 atom stereocenters. The largest absolute Gasteiger partial charge is 0.393 e. The molecule has 0 bridgehead atoms. The minimum atomic E-state index is -0.239. The van der Waals surface area contributed by atoms with Gasteiger partial charge in [0.25, 0.3) is 0 Å². The molecule has 0 rings (SSSR count). The zero-order valence-corrected chi connectivity index (χ0v) is 8.80. The van der Waals surface area contributed by atoms with E-state index in [0.717, 1.165) is 25.9 Å². The molecule has 3 heteroatoms. The van der Waals surface area contributed by atoms with Crippen LogP contribution >= 0.6 is 0 Å². The summed E-state index contributed by atoms with van der Waals surface area (Å²) >= 11 is 0. The molecule has 0 amide bonds. The Bertz CT molecular complexity index is 170. The molecule has 0 heterocycles. The lowest BCUT2D eigenvalue weighted by atomic mass is 9.91. The number of aliphatic hydroxyl groups is 1. The molecule has 0 aliphatic rings. The van der Waals surface area contributed by atoms with Crippen LogP contribution in [0, 0.1) is 16.7 Å². The summed E-state index contributed by atoms with van der Waals surface area (Å²) in [7, 11) is 0. The van der Waals surface area contributed by atoms with Gasteiger partial charge in [-0.05, 0) is 46.7 Å². The fourth-order valence-corrected chi connectivity index (χ4v) is 0.893. The maximum absolute atomic E-state index is 8.97. The van der Waals surface area contributed by atoms with Gasteiger partial charge in [0.1, 0.15) is 0 Å². The molecular weight excluding hydrogens is 164 g/mol. The lowest BCUT2D eigenvalue weighted by Crippen LogP contribution is -2.24. The van der Waals surface area contributed by atoms with E-state index in [1.54, 1.807) is 6.92 Å². The third kappa shape index (κ3) is 7.76. The van der Waals surface area contributed by atoms with Gasteiger partial charge in [0.05, 0.1) is 17.6 Å². The Morgan fingerprint density at radius 1 is 1.46 bits per heavy atom. The van der Waals surface area contributed by atoms with Gasteiger partial charge in [-0.1, -0.05) is 0 Å². The molecule has 76 valence electrons. The monoisotopic (exact) mass is 184 g/mol. The van der Waals surface area contributed by atoms with Gasteiger partial charge in [-0.15, -0.1) is 0 Å². The molecule has 0 aromatic carbocycles. The van der Waals surface area contributed by atoms with Gasteiger partial charge in [0.2, 0.25) is 0 Å². The Kier molecular flexibility index (Phi) is 5.68. The summed E-state index contributed by atoms with van der Waals surface area (Å²) in [6.45, 7) is 7.31. The Labute approximate surface area is 80.8 Å². The van der Waals surface area contributed by atoms with Crippen LogP contribution in [0.1, 0.15) is 33.6 Å². The fourth-order valence-electron chi connectivity index (χ4n) is 0.893. The predicted molar refractivity (Wildman–Crippen MR) is 53.2 cm³/mol. The van der Waals surface area contributed by atoms with Crippen LogP contribution < -0.4 is 5.32 Å². The molecule has 1 unspecified atom stereocenters. The van der Waals surface area contributed by atoms with Crippen LogP contribution in [0.25, 0.3) is 0 Å². The Morgan fingerprint density at radius 3 is 2.54 bits per heavy atom. The van der Waals surface area contributed by atoms with Gasteiger partial charge < -0.3 is 10.4 Å². The van der Waals surface area contributed by atoms with E-state index in [4.69, 9.17) is 10.4 Å². The first-order chi connectivity index (χ1) is 5.98. The van der Waals surface area contributed by atoms with Crippen LogP contribution in [0.2, 0.25) is 0 Å². The molecule has 2 N–H and O–H groups in total. The first-order valence-corrected chi connectivity index (χ1v) is 4.78. The zero-order valence-electron chi connectivity index (χ0n) is 8.80. The van der Waals surface area contributed by atoms with Crippen molar-refractivity contribution < 1.29 is 5.11 Å². The Balaban J connectivity index is 3.32. The van der Waals surface area contributed by atoms with E-state index in [1.807, 2.05) is 13.8 Å². The average Bonchev–Trinajstić information content (AvgIpc) is 2.03. The second-order valence-electron chi connectivity index (χ2n) is 4.13. The standard InChI is InChI=1S/C10H20N2O/c1-9(13)4-6-12-7-5-10(2,3)8-11/h9,12-13H,4-7H2,1-3H3. The predicted octanol–water partition coefficient (Wildman–Crippen LogP) is 1.29. The first kappa shape index (κ1) is 12.4. The van der Waals surface area contributed by atoms with Crippen molar-refractivity contribution in [2.24, 2.45) is 5.41 Å². The van der Waals surface area contributed by atoms with Gasteiger partial charge in [-0.25, -0.2) is 0 Å². The van der Waals surface area contributed by atoms with E-state index in [-0.39, 0.29) is 11.5 Å². The van der Waals surface area contributed by atoms with Crippen LogP contribution in [-0.2, 0) is 0 Å². The van der Waals surface area contributed by atoms with Crippen LogP contribution in [0.3, 0.4) is 0 Å². The minimum absolute atomic E-state index is 0.238. The van der Waals surface area contributed by atoms with E-state index in [1.165, 1.54) is 0 Å². The SMILES string of the molecule is CC(O)CCNCCC(C)(C)C#N. The normalized spacial score (nSPS) is 13.8. The molecule has 0 spiro atoms. The van der Waals surface area contributed by atoms with Gasteiger partial charge >= 0.3 is 0 Å². The number of hydrogen-bond donors (Lipinski definition) is 2. The van der Waals surface area contributed by atoms with Crippen molar-refractivity contribution in [1.29, 1.82) is 5.26 Å². The third-order valence-electron chi connectivity index (χ3n) is 1.97. The van der Waals surface area contributed by atoms with Crippen LogP contribution in [0.15, 0.2) is 0 Å². The topological polar surface area (TPSA) is 56.0 Å². The van der Waals surface area contributed by atoms with Crippen LogP contribution in [0.4, 0.5) is 0 Å². The molecule has 0 aliphatic heterocycles. The third-order valence-corrected chi connectivity index (χ3v) is 1.97. The van der Waals surface area contributed by atoms with Crippen molar-refractivity contribution >= 4 is 0 Å². The number of rotatable bonds is 6. The second-order valence-corrected chi connectivity index (χ2v) is 4.13. The van der Waals surface area contributed by atoms with Gasteiger partial charge in [0.15, 0.2) is 0 Å². The molecular formula is C10H20N2O. The summed E-state index contributed by atoms with van der Waals surface area (Å²) in [4.78, 5) is 0. The van der Waals surface area contributed by atoms with Crippen molar-refractivity contribution in [2.75, 3.05) is 13.1 Å². The Morgan fingerprint density at radius 2 is 2.08 bits per heavy atom. The van der Waals surface area contributed by atoms with E-state index >= 15 is 0 Å². The highest BCUT2D eigenvalue weighted by Gasteiger charge is 2.15. The van der Waals surface area contributed by atoms with E-state index < -0.39 is 0 Å². The molecule has 0 saturated heterocycles. The fraction of sp³-hybridized carbons (Fsp3) is 0.900. The van der Waals surface area contributed by atoms with Crippen LogP contribution in [-0.4, -0.2) is 24.3 Å². The molecule has 0 radical (unpaired) electrons. The van der Waals surface area contributed by atoms with Gasteiger partial charge in [-0.3, -0.25) is 0 Å². The summed E-state index contributed by atoms with van der Waals surface area (Å²) in [6, 6.07) is 2.25. The number of aliphatic hydroxyl groups excluding tert-OH is 1. The molecule has 0 aromatic rings. The highest BCUT2D eigenvalue weighted by atomic mass is 16.3. The molecule has 0 saturated carbocycles. The van der Waals surface area contributed by atoms with Crippen molar-refractivity contribution in [3.63, 3.8) is 0 Å². The summed E-state index contributed by atoms with van der Waals surface area (Å²) in [5.74, 6) is 0. The van der Waals surface area contributed by atoms with Crippen molar-refractivity contribution in [1.82, 2.24) is 5.32 Å². The molecule has 3 nitrogen and oxygen atoms in total. The van der Waals surface area contributed by atoms with Crippen molar-refractivity contribution in [3.05, 3.63) is 0 Å². The van der Waals surface area contributed by atoms with E-state index in [2.05, 4.69) is 11.4 Å². The Hall–Kier alpha value is -0.590. The number of nitriles is 1. The molecule has 13 heavy (non-hydrogen) atoms. The highest BCUT2D eigenvalue weighted by molar-refractivity contribution is 4.91. The maximum atomic E-state index is 8.97. The average molecular weight is 184 g/mol. The second kappa shape index (κ2) is 5.95.